The number of hydrogen-bond acceptors (Lipinski definition) is 6. The average Bonchev–Trinajstić information content (AvgIpc) is 3.02. The summed E-state index contributed by atoms with van der Waals surface area (Å²) in [6.45, 7) is 3.82. The SMILES string of the molecule is CCN1CC=C2C(C#N)=C(N)C(C#N)(C#N)[C@@]3(C(=O)Nc4ccccc43)[C@H]2C1. The number of allylic oxidation sites excluding steroid dienone is 2. The maximum absolute atomic E-state index is 13.5. The van der Waals surface area contributed by atoms with Crippen LogP contribution in [0.25, 0.3) is 0 Å². The maximum Gasteiger partial charge on any atom is 0.238 e. The second-order valence-corrected chi connectivity index (χ2v) is 7.25. The first kappa shape index (κ1) is 17.8. The predicted octanol–water partition coefficient (Wildman–Crippen LogP) is 1.54. The van der Waals surface area contributed by atoms with Crippen molar-refractivity contribution in [3.8, 4) is 18.2 Å². The fraction of sp³-hybridized carbons (Fsp3) is 0.333. The second kappa shape index (κ2) is 5.96. The molecule has 138 valence electrons. The lowest BCUT2D eigenvalue weighted by atomic mass is 9.48. The van der Waals surface area contributed by atoms with E-state index in [4.69, 9.17) is 5.73 Å². The first-order chi connectivity index (χ1) is 13.5. The molecule has 1 aromatic carbocycles. The topological polar surface area (TPSA) is 130 Å². The van der Waals surface area contributed by atoms with E-state index in [1.165, 1.54) is 0 Å². The van der Waals surface area contributed by atoms with Crippen molar-refractivity contribution in [1.29, 1.82) is 15.8 Å². The van der Waals surface area contributed by atoms with Gasteiger partial charge in [-0.25, -0.2) is 0 Å². The second-order valence-electron chi connectivity index (χ2n) is 7.25. The molecule has 2 atom stereocenters. The summed E-state index contributed by atoms with van der Waals surface area (Å²) in [6, 6.07) is 13.3. The largest absolute Gasteiger partial charge is 0.399 e. The van der Waals surface area contributed by atoms with Crippen molar-refractivity contribution in [3.05, 3.63) is 52.7 Å². The van der Waals surface area contributed by atoms with Gasteiger partial charge >= 0.3 is 0 Å². The van der Waals surface area contributed by atoms with Gasteiger partial charge in [-0.2, -0.15) is 15.8 Å². The first-order valence-corrected chi connectivity index (χ1v) is 9.08. The predicted molar refractivity (Wildman–Crippen MR) is 101 cm³/mol. The minimum atomic E-state index is -1.98. The van der Waals surface area contributed by atoms with Crippen LogP contribution >= 0.6 is 0 Å². The molecule has 0 radical (unpaired) electrons. The number of amides is 1. The molecule has 4 rings (SSSR count). The van der Waals surface area contributed by atoms with E-state index in [0.717, 1.165) is 6.54 Å². The Kier molecular flexibility index (Phi) is 3.79. The highest BCUT2D eigenvalue weighted by atomic mass is 16.2. The summed E-state index contributed by atoms with van der Waals surface area (Å²) in [5, 5.41) is 33.0. The van der Waals surface area contributed by atoms with E-state index in [-0.39, 0.29) is 11.3 Å². The fourth-order valence-corrected chi connectivity index (χ4v) is 4.97. The Morgan fingerprint density at radius 1 is 1.29 bits per heavy atom. The van der Waals surface area contributed by atoms with Crippen molar-refractivity contribution in [2.24, 2.45) is 17.1 Å². The number of fused-ring (bicyclic) bond motifs is 4. The lowest BCUT2D eigenvalue weighted by Crippen LogP contribution is -2.62. The number of carbonyl (C=O) groups excluding carboxylic acids is 1. The molecule has 28 heavy (non-hydrogen) atoms. The molecule has 0 aromatic heterocycles. The molecule has 0 unspecified atom stereocenters. The van der Waals surface area contributed by atoms with Crippen LogP contribution in [0.4, 0.5) is 5.69 Å². The third-order valence-electron chi connectivity index (χ3n) is 6.31. The molecule has 3 N–H and O–H groups in total. The van der Waals surface area contributed by atoms with E-state index in [1.54, 1.807) is 24.3 Å². The minimum Gasteiger partial charge on any atom is -0.399 e. The van der Waals surface area contributed by atoms with E-state index >= 15 is 0 Å². The number of nitriles is 3. The zero-order valence-corrected chi connectivity index (χ0v) is 15.4. The van der Waals surface area contributed by atoms with Crippen LogP contribution in [0.1, 0.15) is 12.5 Å². The van der Waals surface area contributed by atoms with Crippen LogP contribution in [0.3, 0.4) is 0 Å². The Balaban J connectivity index is 2.17. The number of likely N-dealkylation sites (N-methyl/N-ethyl adjacent to an activating group) is 1. The molecule has 0 saturated heterocycles. The number of benzene rings is 1. The molecule has 2 aliphatic heterocycles. The van der Waals surface area contributed by atoms with E-state index in [9.17, 15) is 20.6 Å². The molecular formula is C21H18N6O. The van der Waals surface area contributed by atoms with Gasteiger partial charge in [0.2, 0.25) is 11.3 Å². The highest BCUT2D eigenvalue weighted by Crippen LogP contribution is 2.62. The Labute approximate surface area is 162 Å². The molecule has 7 nitrogen and oxygen atoms in total. The highest BCUT2D eigenvalue weighted by molar-refractivity contribution is 6.09. The molecular weight excluding hydrogens is 352 g/mol. The summed E-state index contributed by atoms with van der Waals surface area (Å²) in [5.74, 6) is -0.961. The van der Waals surface area contributed by atoms with Crippen LogP contribution in [-0.4, -0.2) is 30.4 Å². The summed E-state index contributed by atoms with van der Waals surface area (Å²) in [4.78, 5) is 15.6. The number of nitrogens with two attached hydrogens (primary N) is 1. The van der Waals surface area contributed by atoms with Crippen molar-refractivity contribution in [3.63, 3.8) is 0 Å². The monoisotopic (exact) mass is 370 g/mol. The minimum absolute atomic E-state index is 0.140. The van der Waals surface area contributed by atoms with Gasteiger partial charge in [-0.15, -0.1) is 0 Å². The molecule has 1 aromatic rings. The molecule has 0 saturated carbocycles. The summed E-state index contributed by atoms with van der Waals surface area (Å²) in [5.41, 5.74) is 4.63. The lowest BCUT2D eigenvalue weighted by molar-refractivity contribution is -0.125. The number of anilines is 1. The Bertz CT molecular complexity index is 1070. The van der Waals surface area contributed by atoms with E-state index < -0.39 is 22.7 Å². The van der Waals surface area contributed by atoms with Crippen molar-refractivity contribution in [1.82, 2.24) is 4.90 Å². The van der Waals surface area contributed by atoms with Crippen LogP contribution < -0.4 is 11.1 Å². The Hall–Kier alpha value is -3.60. The zero-order chi connectivity index (χ0) is 20.1. The van der Waals surface area contributed by atoms with Crippen molar-refractivity contribution >= 4 is 11.6 Å². The van der Waals surface area contributed by atoms with Gasteiger partial charge in [-0.1, -0.05) is 31.2 Å². The van der Waals surface area contributed by atoms with Crippen LogP contribution in [-0.2, 0) is 10.2 Å². The summed E-state index contributed by atoms with van der Waals surface area (Å²) in [7, 11) is 0. The number of nitrogens with zero attached hydrogens (tertiary/aromatic N) is 4. The first-order valence-electron chi connectivity index (χ1n) is 9.08. The van der Waals surface area contributed by atoms with Crippen LogP contribution in [0.2, 0.25) is 0 Å². The lowest BCUT2D eigenvalue weighted by Gasteiger charge is -2.50. The Morgan fingerprint density at radius 2 is 2.00 bits per heavy atom. The molecule has 7 heteroatoms. The molecule has 0 fully saturated rings. The number of hydrogen-bond donors (Lipinski definition) is 2. The molecule has 2 heterocycles. The average molecular weight is 370 g/mol. The van der Waals surface area contributed by atoms with Gasteiger partial charge in [0.1, 0.15) is 11.5 Å². The van der Waals surface area contributed by atoms with Crippen LogP contribution in [0, 0.1) is 45.3 Å². The smallest absolute Gasteiger partial charge is 0.238 e. The van der Waals surface area contributed by atoms with E-state index in [0.29, 0.717) is 29.9 Å². The number of para-hydroxylation sites is 1. The van der Waals surface area contributed by atoms with Crippen LogP contribution in [0.5, 0.6) is 0 Å². The number of rotatable bonds is 1. The standard InChI is InChI=1S/C21H18N6O/c1-2-27-8-7-13-14(9-22)18(25)20(11-23,12-24)21(16(13)10-27)15-5-3-4-6-17(15)26-19(21)28/h3-7,16H,2,8,10,25H2,1H3,(H,26,28)/t16-,21+/m0/s1. The molecule has 1 spiro atoms. The van der Waals surface area contributed by atoms with Crippen molar-refractivity contribution in [2.45, 2.75) is 12.3 Å². The van der Waals surface area contributed by atoms with Crippen molar-refractivity contribution < 1.29 is 4.79 Å². The Morgan fingerprint density at radius 3 is 2.64 bits per heavy atom. The third-order valence-corrected chi connectivity index (χ3v) is 6.31. The summed E-state index contributed by atoms with van der Waals surface area (Å²) >= 11 is 0. The highest BCUT2D eigenvalue weighted by Gasteiger charge is 2.71. The quantitative estimate of drug-likeness (QED) is 0.771. The van der Waals surface area contributed by atoms with Gasteiger partial charge in [0.15, 0.2) is 0 Å². The molecule has 0 bridgehead atoms. The van der Waals surface area contributed by atoms with Crippen molar-refractivity contribution in [2.75, 3.05) is 25.0 Å². The van der Waals surface area contributed by atoms with Gasteiger partial charge in [0.05, 0.1) is 23.4 Å². The fourth-order valence-electron chi connectivity index (χ4n) is 4.97. The number of nitrogens with one attached hydrogen (secondary N) is 1. The maximum atomic E-state index is 13.5. The van der Waals surface area contributed by atoms with Gasteiger partial charge in [0, 0.05) is 24.7 Å². The van der Waals surface area contributed by atoms with E-state index in [1.807, 2.05) is 25.1 Å². The van der Waals surface area contributed by atoms with E-state index in [2.05, 4.69) is 16.3 Å². The van der Waals surface area contributed by atoms with Gasteiger partial charge in [-0.3, -0.25) is 9.69 Å². The molecule has 1 aliphatic carbocycles. The zero-order valence-electron chi connectivity index (χ0n) is 15.4. The molecule has 1 amide bonds. The normalized spacial score (nSPS) is 27.7. The number of carbonyl (C=O) groups is 1. The summed E-state index contributed by atoms with van der Waals surface area (Å²) in [6.07, 6.45) is 1.90. The van der Waals surface area contributed by atoms with Gasteiger partial charge in [-0.05, 0) is 23.7 Å². The van der Waals surface area contributed by atoms with Gasteiger partial charge < -0.3 is 11.1 Å². The third kappa shape index (κ3) is 1.80. The molecule has 3 aliphatic rings. The van der Waals surface area contributed by atoms with Crippen LogP contribution in [0.15, 0.2) is 47.2 Å². The van der Waals surface area contributed by atoms with Gasteiger partial charge in [0.25, 0.3) is 0 Å². The summed E-state index contributed by atoms with van der Waals surface area (Å²) < 4.78 is 0.